The van der Waals surface area contributed by atoms with Crippen molar-refractivity contribution in [3.05, 3.63) is 83.4 Å². The molecule has 3 atom stereocenters. The number of hydroxylamine groups is 2. The topological polar surface area (TPSA) is 273 Å². The van der Waals surface area contributed by atoms with Crippen LogP contribution in [0.25, 0.3) is 0 Å². The van der Waals surface area contributed by atoms with Crippen LogP contribution in [0.1, 0.15) is 57.6 Å². The molecule has 0 bridgehead atoms. The Morgan fingerprint density at radius 2 is 1.19 bits per heavy atom. The maximum atomic E-state index is 15.1. The van der Waals surface area contributed by atoms with Crippen molar-refractivity contribution in [2.75, 3.05) is 140 Å². The van der Waals surface area contributed by atoms with E-state index in [1.807, 2.05) is 0 Å². The number of rotatable bonds is 42. The van der Waals surface area contributed by atoms with Crippen molar-refractivity contribution in [2.24, 2.45) is 11.0 Å². The minimum atomic E-state index is -1.25. The smallest absolute Gasteiger partial charge is 0.365 e. The molecule has 1 unspecified atom stereocenters. The van der Waals surface area contributed by atoms with E-state index in [-0.39, 0.29) is 74.6 Å². The number of nitrogens with zero attached hydrogens (tertiary/aromatic N) is 4. The van der Waals surface area contributed by atoms with Crippen LogP contribution in [0.4, 0.5) is 13.6 Å². The molecule has 0 aromatic heterocycles. The number of hydrogen-bond acceptors (Lipinski definition) is 18. The summed E-state index contributed by atoms with van der Waals surface area (Å²) in [5.41, 5.74) is 0.523. The summed E-state index contributed by atoms with van der Waals surface area (Å²) in [6, 6.07) is 9.36. The van der Waals surface area contributed by atoms with Gasteiger partial charge in [0.05, 0.1) is 113 Å². The van der Waals surface area contributed by atoms with Crippen LogP contribution in [0, 0.1) is 17.6 Å². The largest absolute Gasteiger partial charge is 0.379 e. The molecular weight excluding hydrogens is 1090 g/mol. The molecular formula is C54H78F2N8O16S. The van der Waals surface area contributed by atoms with Gasteiger partial charge in [-0.1, -0.05) is 55.9 Å². The van der Waals surface area contributed by atoms with Gasteiger partial charge in [0.2, 0.25) is 23.6 Å². The number of benzene rings is 2. The Labute approximate surface area is 475 Å². The van der Waals surface area contributed by atoms with Gasteiger partial charge in [-0.15, -0.1) is 0 Å². The average molecular weight is 1170 g/mol. The van der Waals surface area contributed by atoms with Gasteiger partial charge >= 0.3 is 6.03 Å². The minimum absolute atomic E-state index is 0.00843. The van der Waals surface area contributed by atoms with E-state index in [1.165, 1.54) is 38.2 Å². The maximum absolute atomic E-state index is 15.1. The molecule has 2 aromatic rings. The monoisotopic (exact) mass is 1160 g/mol. The van der Waals surface area contributed by atoms with E-state index in [0.29, 0.717) is 104 Å². The standard InChI is InChI=1S/C54H78F2N8O16S/c1-39(2)49(51(70)59-40(3)50(69)58-19-9-18-54(41-10-7-6-8-11-41)64(53(71)62(4)72-5)61-52(81-54)43-38-42(55)12-13-44(43)56)60-46(66)17-22-73-24-26-75-28-30-77-32-34-79-36-37-80-35-33-78-31-29-76-27-25-74-23-20-57-45(65)16-21-63-47(67)14-15-48(63)68/h6-8,10-15,38-40,49H,9,16-37H2,1-5H3,(H,57,65)(H,58,69)(H,59,70)(H,60,66)/t40-,49?,54-/m0/s1. The highest BCUT2D eigenvalue weighted by atomic mass is 32.2. The van der Waals surface area contributed by atoms with Crippen LogP contribution in [-0.4, -0.2) is 213 Å². The molecule has 4 rings (SSSR count). The van der Waals surface area contributed by atoms with Crippen LogP contribution in [0.3, 0.4) is 0 Å². The number of nitrogens with one attached hydrogen (secondary N) is 4. The Bertz CT molecular complexity index is 2340. The highest BCUT2D eigenvalue weighted by molar-refractivity contribution is 8.15. The molecule has 2 aromatic carbocycles. The second kappa shape index (κ2) is 37.9. The normalized spacial score (nSPS) is 15.7. The van der Waals surface area contributed by atoms with Gasteiger partial charge in [-0.25, -0.2) is 18.6 Å². The average Bonchev–Trinajstić information content (AvgIpc) is 4.07. The van der Waals surface area contributed by atoms with E-state index in [4.69, 9.17) is 42.7 Å². The van der Waals surface area contributed by atoms with E-state index in [2.05, 4.69) is 26.4 Å². The third-order valence-corrected chi connectivity index (χ3v) is 13.5. The summed E-state index contributed by atoms with van der Waals surface area (Å²) in [5, 5.41) is 17.6. The molecule has 81 heavy (non-hydrogen) atoms. The second-order valence-electron chi connectivity index (χ2n) is 18.4. The van der Waals surface area contributed by atoms with E-state index in [0.717, 1.165) is 39.9 Å². The fourth-order valence-electron chi connectivity index (χ4n) is 7.62. The summed E-state index contributed by atoms with van der Waals surface area (Å²) < 4.78 is 73.3. The number of ether oxygens (including phenoxy) is 8. The van der Waals surface area contributed by atoms with Crippen LogP contribution < -0.4 is 21.3 Å². The highest BCUT2D eigenvalue weighted by Crippen LogP contribution is 2.51. The van der Waals surface area contributed by atoms with Crippen molar-refractivity contribution < 1.29 is 85.1 Å². The molecule has 450 valence electrons. The summed E-state index contributed by atoms with van der Waals surface area (Å²) in [6.45, 7) is 11.0. The molecule has 27 heteroatoms. The van der Waals surface area contributed by atoms with Crippen molar-refractivity contribution in [1.29, 1.82) is 0 Å². The molecule has 0 radical (unpaired) electrons. The molecule has 0 saturated heterocycles. The first-order chi connectivity index (χ1) is 39.1. The lowest BCUT2D eigenvalue weighted by Crippen LogP contribution is -2.54. The van der Waals surface area contributed by atoms with Crippen LogP contribution in [0.5, 0.6) is 0 Å². The van der Waals surface area contributed by atoms with Gasteiger partial charge in [0.25, 0.3) is 11.8 Å². The zero-order valence-electron chi connectivity index (χ0n) is 46.8. The fraction of sp³-hybridized carbons (Fsp3) is 0.593. The molecule has 2 aliphatic rings. The molecule has 0 aliphatic carbocycles. The van der Waals surface area contributed by atoms with Gasteiger partial charge < -0.3 is 59.2 Å². The van der Waals surface area contributed by atoms with E-state index < -0.39 is 64.2 Å². The third kappa shape index (κ3) is 24.2. The molecule has 0 spiro atoms. The number of amides is 8. The Kier molecular flexibility index (Phi) is 31.6. The molecule has 24 nitrogen and oxygen atoms in total. The predicted octanol–water partition coefficient (Wildman–Crippen LogP) is 2.64. The number of carbonyl (C=O) groups excluding carboxylic acids is 7. The van der Waals surface area contributed by atoms with E-state index >= 15 is 4.39 Å². The zero-order valence-corrected chi connectivity index (χ0v) is 47.6. The Hall–Kier alpha value is -6.01. The van der Waals surface area contributed by atoms with Crippen LogP contribution in [-0.2, 0) is 76.4 Å². The van der Waals surface area contributed by atoms with Crippen molar-refractivity contribution in [3.63, 3.8) is 0 Å². The van der Waals surface area contributed by atoms with Crippen LogP contribution >= 0.6 is 11.8 Å². The molecule has 8 amide bonds. The maximum Gasteiger partial charge on any atom is 0.365 e. The first-order valence-electron chi connectivity index (χ1n) is 26.8. The second-order valence-corrected chi connectivity index (χ2v) is 19.6. The lowest BCUT2D eigenvalue weighted by molar-refractivity contribution is -0.137. The van der Waals surface area contributed by atoms with Gasteiger partial charge in [-0.05, 0) is 49.4 Å². The molecule has 0 fully saturated rings. The van der Waals surface area contributed by atoms with Gasteiger partial charge in [0, 0.05) is 57.2 Å². The van der Waals surface area contributed by atoms with Crippen molar-refractivity contribution in [3.8, 4) is 0 Å². The van der Waals surface area contributed by atoms with E-state index in [9.17, 15) is 38.0 Å². The summed E-state index contributed by atoms with van der Waals surface area (Å²) >= 11 is 1.08. The quantitative estimate of drug-likeness (QED) is 0.0423. The van der Waals surface area contributed by atoms with Gasteiger partial charge in [0.1, 0.15) is 33.6 Å². The zero-order chi connectivity index (χ0) is 58.8. The van der Waals surface area contributed by atoms with Crippen molar-refractivity contribution >= 4 is 58.3 Å². The number of hydrogen-bond donors (Lipinski definition) is 4. The number of hydrazone groups is 1. The highest BCUT2D eigenvalue weighted by Gasteiger charge is 2.50. The SMILES string of the molecule is CON(C)C(=O)N1N=C(c2cc(F)ccc2F)S[C@@]1(CCCNC(=O)[C@H](C)NC(=O)C(NC(=O)CCOCCOCCOCCOCCOCCOCCOCCOCCNC(=O)CCN1C(=O)C=CC1=O)C(C)C)c1ccccc1. The predicted molar refractivity (Wildman–Crippen MR) is 292 cm³/mol. The van der Waals surface area contributed by atoms with Crippen LogP contribution in [0.2, 0.25) is 0 Å². The fourth-order valence-corrected chi connectivity index (χ4v) is 9.03. The molecule has 2 aliphatic heterocycles. The minimum Gasteiger partial charge on any atom is -0.379 e. The lowest BCUT2D eigenvalue weighted by atomic mass is 10.0. The van der Waals surface area contributed by atoms with Gasteiger partial charge in [-0.3, -0.25) is 38.5 Å². The first-order valence-corrected chi connectivity index (χ1v) is 27.6. The molecule has 2 heterocycles. The molecule has 0 saturated carbocycles. The molecule has 4 N–H and O–H groups in total. The Morgan fingerprint density at radius 3 is 1.72 bits per heavy atom. The van der Waals surface area contributed by atoms with Gasteiger partial charge in [0.15, 0.2) is 0 Å². The van der Waals surface area contributed by atoms with Crippen molar-refractivity contribution in [2.45, 2.75) is 63.4 Å². The summed E-state index contributed by atoms with van der Waals surface area (Å²) in [7, 11) is 2.71. The Morgan fingerprint density at radius 1 is 0.654 bits per heavy atom. The Balaban J connectivity index is 0.964. The lowest BCUT2D eigenvalue weighted by Gasteiger charge is -2.37. The number of halogens is 2. The van der Waals surface area contributed by atoms with Crippen molar-refractivity contribution in [1.82, 2.24) is 36.2 Å². The number of imide groups is 1. The summed E-state index contributed by atoms with van der Waals surface area (Å²) in [6.07, 6.45) is 2.87. The summed E-state index contributed by atoms with van der Waals surface area (Å²) in [4.78, 5) is 92.9. The first kappa shape index (κ1) is 67.5. The van der Waals surface area contributed by atoms with E-state index in [1.54, 1.807) is 44.2 Å². The number of thioether (sulfide) groups is 1. The number of carbonyl (C=O) groups is 7. The summed E-state index contributed by atoms with van der Waals surface area (Å²) in [5.74, 6) is -4.26. The van der Waals surface area contributed by atoms with Gasteiger partial charge in [-0.2, -0.15) is 10.1 Å². The number of urea groups is 1. The van der Waals surface area contributed by atoms with Crippen LogP contribution in [0.15, 0.2) is 65.8 Å². The third-order valence-electron chi connectivity index (χ3n) is 12.0.